The van der Waals surface area contributed by atoms with Crippen LogP contribution < -0.4 is 5.32 Å². The maximum atomic E-state index is 12.7. The van der Waals surface area contributed by atoms with Gasteiger partial charge in [-0.2, -0.15) is 0 Å². The number of likely N-dealkylation sites (tertiary alicyclic amines) is 1. The van der Waals surface area contributed by atoms with Gasteiger partial charge in [0.15, 0.2) is 0 Å². The number of aromatic nitrogens is 1. The fraction of sp³-hybridized carbons (Fsp3) is 0.421. The summed E-state index contributed by atoms with van der Waals surface area (Å²) in [6, 6.07) is 9.78. The van der Waals surface area contributed by atoms with Crippen molar-refractivity contribution in [3.05, 3.63) is 36.0 Å². The Balaban J connectivity index is 1.83. The first-order chi connectivity index (χ1) is 11.6. The van der Waals surface area contributed by atoms with E-state index in [-0.39, 0.29) is 17.7 Å². The van der Waals surface area contributed by atoms with Gasteiger partial charge in [-0.3, -0.25) is 14.6 Å². The highest BCUT2D eigenvalue weighted by Crippen LogP contribution is 2.25. The van der Waals surface area contributed by atoms with Crippen LogP contribution in [0.5, 0.6) is 0 Å². The minimum absolute atomic E-state index is 0.0145. The van der Waals surface area contributed by atoms with Crippen LogP contribution in [0.1, 0.15) is 32.4 Å². The number of aryl methyl sites for hydroxylation is 1. The number of nitrogens with zero attached hydrogens (tertiary/aromatic N) is 2. The van der Waals surface area contributed by atoms with Crippen LogP contribution in [-0.2, 0) is 16.0 Å². The number of anilines is 1. The molecule has 0 spiro atoms. The Morgan fingerprint density at radius 3 is 2.88 bits per heavy atom. The number of piperidine rings is 1. The van der Waals surface area contributed by atoms with E-state index in [0.717, 1.165) is 48.1 Å². The van der Waals surface area contributed by atoms with Crippen LogP contribution in [0.25, 0.3) is 10.9 Å². The molecule has 126 valence electrons. The van der Waals surface area contributed by atoms with Gasteiger partial charge in [-0.05, 0) is 31.4 Å². The standard InChI is InChI=1S/C19H23N3O2/c1-3-15-11-18(16-8-4-5-9-17(16)20-15)21-19(24)14-7-6-10-22(12-14)13(2)23/h4-5,8-9,11,14H,3,6-7,10,12H2,1-2H3,(H,20,21,24)/t14-/m0/s1. The van der Waals surface area contributed by atoms with E-state index in [0.29, 0.717) is 6.54 Å². The third-order valence-corrected chi connectivity index (χ3v) is 4.63. The highest BCUT2D eigenvalue weighted by atomic mass is 16.2. The van der Waals surface area contributed by atoms with Gasteiger partial charge < -0.3 is 10.2 Å². The molecule has 2 heterocycles. The third-order valence-electron chi connectivity index (χ3n) is 4.63. The van der Waals surface area contributed by atoms with Gasteiger partial charge in [0.1, 0.15) is 0 Å². The monoisotopic (exact) mass is 325 g/mol. The Bertz CT molecular complexity index is 772. The molecule has 24 heavy (non-hydrogen) atoms. The second-order valence-corrected chi connectivity index (χ2v) is 6.33. The van der Waals surface area contributed by atoms with Crippen molar-refractivity contribution in [3.63, 3.8) is 0 Å². The first kappa shape index (κ1) is 16.4. The average Bonchev–Trinajstić information content (AvgIpc) is 2.61. The summed E-state index contributed by atoms with van der Waals surface area (Å²) < 4.78 is 0. The maximum absolute atomic E-state index is 12.7. The van der Waals surface area contributed by atoms with Crippen LogP contribution in [0, 0.1) is 5.92 Å². The number of hydrogen-bond acceptors (Lipinski definition) is 3. The van der Waals surface area contributed by atoms with Gasteiger partial charge in [0, 0.05) is 31.1 Å². The number of benzene rings is 1. The molecule has 1 N–H and O–H groups in total. The molecule has 2 amide bonds. The van der Waals surface area contributed by atoms with E-state index >= 15 is 0 Å². The molecule has 0 saturated carbocycles. The molecule has 2 aromatic rings. The van der Waals surface area contributed by atoms with Crippen molar-refractivity contribution >= 4 is 28.4 Å². The summed E-state index contributed by atoms with van der Waals surface area (Å²) >= 11 is 0. The van der Waals surface area contributed by atoms with Gasteiger partial charge in [-0.15, -0.1) is 0 Å². The molecular formula is C19H23N3O2. The lowest BCUT2D eigenvalue weighted by Crippen LogP contribution is -2.42. The predicted octanol–water partition coefficient (Wildman–Crippen LogP) is 2.99. The number of carbonyl (C=O) groups excluding carboxylic acids is 2. The number of hydrogen-bond donors (Lipinski definition) is 1. The minimum atomic E-state index is -0.153. The van der Waals surface area contributed by atoms with Crippen molar-refractivity contribution in [1.82, 2.24) is 9.88 Å². The topological polar surface area (TPSA) is 62.3 Å². The summed E-state index contributed by atoms with van der Waals surface area (Å²) in [6.45, 7) is 4.86. The summed E-state index contributed by atoms with van der Waals surface area (Å²) in [5.74, 6) is -0.130. The van der Waals surface area contributed by atoms with Gasteiger partial charge in [0.25, 0.3) is 0 Å². The van der Waals surface area contributed by atoms with Crippen molar-refractivity contribution in [2.75, 3.05) is 18.4 Å². The Labute approximate surface area is 142 Å². The molecule has 0 unspecified atom stereocenters. The molecule has 0 aliphatic carbocycles. The van der Waals surface area contributed by atoms with Crippen molar-refractivity contribution in [3.8, 4) is 0 Å². The van der Waals surface area contributed by atoms with Crippen LogP contribution in [-0.4, -0.2) is 34.8 Å². The quantitative estimate of drug-likeness (QED) is 0.943. The third kappa shape index (κ3) is 3.40. The molecule has 3 rings (SSSR count). The van der Waals surface area contributed by atoms with E-state index in [2.05, 4.69) is 17.2 Å². The number of para-hydroxylation sites is 1. The molecular weight excluding hydrogens is 302 g/mol. The SMILES string of the molecule is CCc1cc(NC(=O)[C@H]2CCCN(C(C)=O)C2)c2ccccc2n1. The smallest absolute Gasteiger partial charge is 0.229 e. The zero-order chi connectivity index (χ0) is 17.1. The van der Waals surface area contributed by atoms with Crippen LogP contribution in [0.4, 0.5) is 5.69 Å². The molecule has 0 radical (unpaired) electrons. The molecule has 1 aromatic carbocycles. The fourth-order valence-corrected chi connectivity index (χ4v) is 3.23. The van der Waals surface area contributed by atoms with Crippen molar-refractivity contribution < 1.29 is 9.59 Å². The molecule has 1 aliphatic rings. The van der Waals surface area contributed by atoms with Gasteiger partial charge in [-0.1, -0.05) is 25.1 Å². The number of rotatable bonds is 3. The van der Waals surface area contributed by atoms with Crippen LogP contribution in [0.15, 0.2) is 30.3 Å². The molecule has 1 aliphatic heterocycles. The van der Waals surface area contributed by atoms with Crippen molar-refractivity contribution in [2.45, 2.75) is 33.1 Å². The Kier molecular flexibility index (Phi) is 4.79. The van der Waals surface area contributed by atoms with Crippen LogP contribution in [0.3, 0.4) is 0 Å². The molecule has 1 aromatic heterocycles. The largest absolute Gasteiger partial charge is 0.342 e. The highest BCUT2D eigenvalue weighted by molar-refractivity contribution is 6.02. The minimum Gasteiger partial charge on any atom is -0.342 e. The van der Waals surface area contributed by atoms with E-state index in [9.17, 15) is 9.59 Å². The number of amides is 2. The summed E-state index contributed by atoms with van der Waals surface area (Å²) in [6.07, 6.45) is 2.50. The lowest BCUT2D eigenvalue weighted by atomic mass is 9.97. The first-order valence-corrected chi connectivity index (χ1v) is 8.53. The zero-order valence-electron chi connectivity index (χ0n) is 14.2. The first-order valence-electron chi connectivity index (χ1n) is 8.53. The fourth-order valence-electron chi connectivity index (χ4n) is 3.23. The van der Waals surface area contributed by atoms with Gasteiger partial charge in [0.2, 0.25) is 11.8 Å². The molecule has 1 fully saturated rings. The van der Waals surface area contributed by atoms with Crippen molar-refractivity contribution in [1.29, 1.82) is 0 Å². The van der Waals surface area contributed by atoms with E-state index in [1.807, 2.05) is 30.3 Å². The van der Waals surface area contributed by atoms with E-state index in [1.165, 1.54) is 0 Å². The Hall–Kier alpha value is -2.43. The van der Waals surface area contributed by atoms with Gasteiger partial charge in [0.05, 0.1) is 17.1 Å². The van der Waals surface area contributed by atoms with Crippen LogP contribution in [0.2, 0.25) is 0 Å². The van der Waals surface area contributed by atoms with Gasteiger partial charge in [-0.25, -0.2) is 0 Å². The Morgan fingerprint density at radius 2 is 2.12 bits per heavy atom. The normalized spacial score (nSPS) is 17.8. The summed E-state index contributed by atoms with van der Waals surface area (Å²) in [7, 11) is 0. The average molecular weight is 325 g/mol. The number of nitrogens with one attached hydrogen (secondary N) is 1. The zero-order valence-corrected chi connectivity index (χ0v) is 14.2. The summed E-state index contributed by atoms with van der Waals surface area (Å²) in [4.78, 5) is 30.6. The second kappa shape index (κ2) is 6.99. The van der Waals surface area contributed by atoms with Gasteiger partial charge >= 0.3 is 0 Å². The molecule has 1 saturated heterocycles. The van der Waals surface area contributed by atoms with E-state index in [4.69, 9.17) is 0 Å². The molecule has 1 atom stereocenters. The van der Waals surface area contributed by atoms with Crippen molar-refractivity contribution in [2.24, 2.45) is 5.92 Å². The Morgan fingerprint density at radius 1 is 1.33 bits per heavy atom. The number of fused-ring (bicyclic) bond motifs is 1. The van der Waals surface area contributed by atoms with E-state index in [1.54, 1.807) is 11.8 Å². The molecule has 5 heteroatoms. The second-order valence-electron chi connectivity index (χ2n) is 6.33. The number of carbonyl (C=O) groups is 2. The molecule has 0 bridgehead atoms. The highest BCUT2D eigenvalue weighted by Gasteiger charge is 2.27. The summed E-state index contributed by atoms with van der Waals surface area (Å²) in [5, 5.41) is 4.02. The molecule has 5 nitrogen and oxygen atoms in total. The lowest BCUT2D eigenvalue weighted by molar-refractivity contribution is -0.132. The summed E-state index contributed by atoms with van der Waals surface area (Å²) in [5.41, 5.74) is 2.65. The maximum Gasteiger partial charge on any atom is 0.229 e. The predicted molar refractivity (Wildman–Crippen MR) is 94.7 cm³/mol. The van der Waals surface area contributed by atoms with Crippen LogP contribution >= 0.6 is 0 Å². The lowest BCUT2D eigenvalue weighted by Gasteiger charge is -2.31. The number of pyridine rings is 1. The van der Waals surface area contributed by atoms with E-state index < -0.39 is 0 Å².